The van der Waals surface area contributed by atoms with Gasteiger partial charge in [0.2, 0.25) is 0 Å². The van der Waals surface area contributed by atoms with Crippen molar-refractivity contribution in [3.05, 3.63) is 0 Å². The van der Waals surface area contributed by atoms with Crippen molar-refractivity contribution in [2.45, 2.75) is 44.3 Å². The summed E-state index contributed by atoms with van der Waals surface area (Å²) in [6.07, 6.45) is 5.70. The molecule has 3 fully saturated rings. The van der Waals surface area contributed by atoms with Crippen LogP contribution in [0, 0.1) is 5.41 Å². The molecule has 0 aromatic heterocycles. The number of fused-ring (bicyclic) bond motifs is 1. The fourth-order valence-electron chi connectivity index (χ4n) is 3.52. The molecule has 0 N–H and O–H groups in total. The van der Waals surface area contributed by atoms with Crippen LogP contribution >= 0.6 is 0 Å². The number of carbonyl (C=O) groups excluding carboxylic acids is 1. The monoisotopic (exact) mass is 196 g/mol. The van der Waals surface area contributed by atoms with Crippen LogP contribution in [0.5, 0.6) is 0 Å². The maximum atomic E-state index is 12.0. The minimum absolute atomic E-state index is 0.260. The molecule has 1 atom stereocenters. The van der Waals surface area contributed by atoms with E-state index in [4.69, 9.17) is 9.47 Å². The summed E-state index contributed by atoms with van der Waals surface area (Å²) in [7, 11) is 0. The normalized spacial score (nSPS) is 40.4. The number of Topliss-reactive ketones (excluding diaryl/α,β-unsaturated/α-hetero) is 1. The molecule has 2 aliphatic carbocycles. The summed E-state index contributed by atoms with van der Waals surface area (Å²) in [5.41, 5.74) is -0.260. The fraction of sp³-hybridized carbons (Fsp3) is 0.909. The van der Waals surface area contributed by atoms with Gasteiger partial charge in [0.1, 0.15) is 5.78 Å². The Balaban J connectivity index is 2.00. The zero-order valence-electron chi connectivity index (χ0n) is 8.38. The van der Waals surface area contributed by atoms with Gasteiger partial charge in [-0.15, -0.1) is 0 Å². The van der Waals surface area contributed by atoms with Crippen LogP contribution in [0.15, 0.2) is 0 Å². The second-order valence-electron chi connectivity index (χ2n) is 4.66. The molecule has 1 saturated heterocycles. The Morgan fingerprint density at radius 3 is 2.36 bits per heavy atom. The topological polar surface area (TPSA) is 35.5 Å². The van der Waals surface area contributed by atoms with Crippen LogP contribution in [0.1, 0.15) is 38.5 Å². The summed E-state index contributed by atoms with van der Waals surface area (Å²) in [6, 6.07) is 0. The van der Waals surface area contributed by atoms with Gasteiger partial charge in [-0.2, -0.15) is 0 Å². The number of rotatable bonds is 0. The van der Waals surface area contributed by atoms with E-state index in [0.717, 1.165) is 38.5 Å². The molecule has 0 bridgehead atoms. The highest BCUT2D eigenvalue weighted by Crippen LogP contribution is 2.57. The predicted molar refractivity (Wildman–Crippen MR) is 49.8 cm³/mol. The standard InChI is InChI=1S/C11H16O3/c12-9-3-1-4-10(9)5-2-6-11(10)13-7-8-14-11/h1-8H2. The van der Waals surface area contributed by atoms with E-state index in [1.807, 2.05) is 0 Å². The average Bonchev–Trinajstić information content (AvgIpc) is 2.84. The van der Waals surface area contributed by atoms with E-state index in [-0.39, 0.29) is 5.41 Å². The van der Waals surface area contributed by atoms with Crippen molar-refractivity contribution >= 4 is 5.78 Å². The summed E-state index contributed by atoms with van der Waals surface area (Å²) in [5, 5.41) is 0. The van der Waals surface area contributed by atoms with Crippen LogP contribution in [0.25, 0.3) is 0 Å². The summed E-state index contributed by atoms with van der Waals surface area (Å²) in [5.74, 6) is -0.127. The number of ketones is 1. The quantitative estimate of drug-likeness (QED) is 0.591. The van der Waals surface area contributed by atoms with Gasteiger partial charge in [0.05, 0.1) is 18.6 Å². The third kappa shape index (κ3) is 0.873. The molecule has 1 aliphatic heterocycles. The van der Waals surface area contributed by atoms with Crippen LogP contribution in [0.3, 0.4) is 0 Å². The van der Waals surface area contributed by atoms with E-state index in [1.54, 1.807) is 0 Å². The minimum atomic E-state index is -0.513. The number of carbonyl (C=O) groups is 1. The molecule has 0 aromatic carbocycles. The van der Waals surface area contributed by atoms with E-state index in [1.165, 1.54) is 0 Å². The van der Waals surface area contributed by atoms with Crippen molar-refractivity contribution in [3.63, 3.8) is 0 Å². The molecule has 3 nitrogen and oxygen atoms in total. The molecule has 2 spiro atoms. The van der Waals surface area contributed by atoms with Crippen molar-refractivity contribution in [2.24, 2.45) is 5.41 Å². The lowest BCUT2D eigenvalue weighted by atomic mass is 9.79. The lowest BCUT2D eigenvalue weighted by Crippen LogP contribution is -2.47. The molecule has 3 heteroatoms. The Bertz CT molecular complexity index is 258. The van der Waals surface area contributed by atoms with Gasteiger partial charge in [-0.25, -0.2) is 0 Å². The highest BCUT2D eigenvalue weighted by molar-refractivity contribution is 5.88. The first kappa shape index (κ1) is 8.86. The number of hydrogen-bond acceptors (Lipinski definition) is 3. The third-order valence-corrected chi connectivity index (χ3v) is 4.13. The first-order valence-electron chi connectivity index (χ1n) is 5.60. The molecule has 2 saturated carbocycles. The second kappa shape index (κ2) is 2.80. The molecule has 3 rings (SSSR count). The van der Waals surface area contributed by atoms with Crippen LogP contribution in [0.4, 0.5) is 0 Å². The lowest BCUT2D eigenvalue weighted by molar-refractivity contribution is -0.216. The van der Waals surface area contributed by atoms with Crippen molar-refractivity contribution in [1.82, 2.24) is 0 Å². The van der Waals surface area contributed by atoms with Crippen LogP contribution < -0.4 is 0 Å². The van der Waals surface area contributed by atoms with E-state index >= 15 is 0 Å². The van der Waals surface area contributed by atoms with Crippen LogP contribution in [-0.4, -0.2) is 24.8 Å². The molecule has 1 unspecified atom stereocenters. The summed E-state index contributed by atoms with van der Waals surface area (Å²) in [4.78, 5) is 12.0. The van der Waals surface area contributed by atoms with Gasteiger partial charge in [0.25, 0.3) is 0 Å². The first-order valence-corrected chi connectivity index (χ1v) is 5.60. The average molecular weight is 196 g/mol. The number of ether oxygens (including phenoxy) is 2. The van der Waals surface area contributed by atoms with E-state index < -0.39 is 5.79 Å². The van der Waals surface area contributed by atoms with Crippen molar-refractivity contribution < 1.29 is 14.3 Å². The van der Waals surface area contributed by atoms with Crippen molar-refractivity contribution in [2.75, 3.05) is 13.2 Å². The van der Waals surface area contributed by atoms with Gasteiger partial charge in [-0.3, -0.25) is 4.79 Å². The number of hydrogen-bond donors (Lipinski definition) is 0. The molecule has 0 amide bonds. The zero-order chi connectivity index (χ0) is 9.65. The largest absolute Gasteiger partial charge is 0.346 e. The molecule has 14 heavy (non-hydrogen) atoms. The maximum Gasteiger partial charge on any atom is 0.180 e. The van der Waals surface area contributed by atoms with E-state index in [2.05, 4.69) is 0 Å². The van der Waals surface area contributed by atoms with Gasteiger partial charge in [-0.1, -0.05) is 0 Å². The molecule has 0 aromatic rings. The molecular weight excluding hydrogens is 180 g/mol. The molecule has 0 radical (unpaired) electrons. The summed E-state index contributed by atoms with van der Waals surface area (Å²) >= 11 is 0. The Morgan fingerprint density at radius 1 is 1.00 bits per heavy atom. The van der Waals surface area contributed by atoms with Gasteiger partial charge < -0.3 is 9.47 Å². The Labute approximate surface area is 83.8 Å². The second-order valence-corrected chi connectivity index (χ2v) is 4.66. The Hall–Kier alpha value is -0.410. The SMILES string of the molecule is O=C1CCCC12CCCC21OCCO1. The smallest absolute Gasteiger partial charge is 0.180 e. The van der Waals surface area contributed by atoms with Crippen molar-refractivity contribution in [1.29, 1.82) is 0 Å². The van der Waals surface area contributed by atoms with E-state index in [9.17, 15) is 4.79 Å². The zero-order valence-corrected chi connectivity index (χ0v) is 8.38. The third-order valence-electron chi connectivity index (χ3n) is 4.13. The fourth-order valence-corrected chi connectivity index (χ4v) is 3.52. The predicted octanol–water partition coefficient (Wildman–Crippen LogP) is 1.65. The Kier molecular flexibility index (Phi) is 1.77. The minimum Gasteiger partial charge on any atom is -0.346 e. The Morgan fingerprint density at radius 2 is 1.71 bits per heavy atom. The van der Waals surface area contributed by atoms with Crippen LogP contribution in [0.2, 0.25) is 0 Å². The summed E-state index contributed by atoms with van der Waals surface area (Å²) < 4.78 is 11.5. The van der Waals surface area contributed by atoms with Crippen molar-refractivity contribution in [3.8, 4) is 0 Å². The molecular formula is C11H16O3. The lowest BCUT2D eigenvalue weighted by Gasteiger charge is -2.37. The van der Waals surface area contributed by atoms with Gasteiger partial charge >= 0.3 is 0 Å². The first-order chi connectivity index (χ1) is 6.79. The van der Waals surface area contributed by atoms with Gasteiger partial charge in [-0.05, 0) is 25.7 Å². The maximum absolute atomic E-state index is 12.0. The van der Waals surface area contributed by atoms with Gasteiger partial charge in [0, 0.05) is 12.8 Å². The molecule has 3 aliphatic rings. The molecule has 78 valence electrons. The van der Waals surface area contributed by atoms with E-state index in [0.29, 0.717) is 19.0 Å². The highest BCUT2D eigenvalue weighted by Gasteiger charge is 2.63. The van der Waals surface area contributed by atoms with Gasteiger partial charge in [0.15, 0.2) is 5.79 Å². The van der Waals surface area contributed by atoms with Crippen LogP contribution in [-0.2, 0) is 14.3 Å². The highest BCUT2D eigenvalue weighted by atomic mass is 16.7. The molecule has 1 heterocycles. The summed E-state index contributed by atoms with van der Waals surface area (Å²) in [6.45, 7) is 1.32.